The van der Waals surface area contributed by atoms with Crippen LogP contribution in [0.5, 0.6) is 0 Å². The number of aromatic nitrogens is 3. The van der Waals surface area contributed by atoms with Crippen molar-refractivity contribution in [1.82, 2.24) is 24.0 Å². The van der Waals surface area contributed by atoms with Gasteiger partial charge in [-0.15, -0.1) is 0 Å². The normalized spacial score (nSPS) is 17.5. The summed E-state index contributed by atoms with van der Waals surface area (Å²) in [6.07, 6.45) is 8.68. The van der Waals surface area contributed by atoms with E-state index >= 15 is 0 Å². The number of fused-ring (bicyclic) bond motifs is 1. The Morgan fingerprint density at radius 2 is 1.94 bits per heavy atom. The van der Waals surface area contributed by atoms with Gasteiger partial charge in [0.05, 0.1) is 16.8 Å². The number of nitrogens with zero attached hydrogens (tertiary/aromatic N) is 4. The van der Waals surface area contributed by atoms with Gasteiger partial charge in [-0.1, -0.05) is 6.07 Å². The molecule has 33 heavy (non-hydrogen) atoms. The second-order valence-corrected chi connectivity index (χ2v) is 10.8. The summed E-state index contributed by atoms with van der Waals surface area (Å²) in [4.78, 5) is 22.8. The van der Waals surface area contributed by atoms with Crippen LogP contribution in [0.2, 0.25) is 0 Å². The predicted octanol–water partition coefficient (Wildman–Crippen LogP) is 2.21. The minimum absolute atomic E-state index is 0.210. The van der Waals surface area contributed by atoms with Gasteiger partial charge in [-0.2, -0.15) is 0 Å². The summed E-state index contributed by atoms with van der Waals surface area (Å²) >= 11 is 0. The van der Waals surface area contributed by atoms with E-state index < -0.39 is 10.0 Å². The third-order valence-corrected chi connectivity index (χ3v) is 8.09. The van der Waals surface area contributed by atoms with Crippen LogP contribution in [-0.2, 0) is 14.8 Å². The van der Waals surface area contributed by atoms with E-state index in [-0.39, 0.29) is 22.6 Å². The molecule has 2 fully saturated rings. The fourth-order valence-electron chi connectivity index (χ4n) is 4.44. The summed E-state index contributed by atoms with van der Waals surface area (Å²) in [7, 11) is -3.68. The molecule has 1 aromatic carbocycles. The number of nitrogens with two attached hydrogens (primary N) is 1. The van der Waals surface area contributed by atoms with E-state index in [9.17, 15) is 13.2 Å². The molecule has 3 N–H and O–H groups in total. The Labute approximate surface area is 193 Å². The Morgan fingerprint density at radius 1 is 1.18 bits per heavy atom. The molecule has 0 radical (unpaired) electrons. The first-order chi connectivity index (χ1) is 15.8. The van der Waals surface area contributed by atoms with Gasteiger partial charge in [0, 0.05) is 43.5 Å². The van der Waals surface area contributed by atoms with Crippen molar-refractivity contribution in [2.45, 2.75) is 37.5 Å². The molecule has 1 aliphatic carbocycles. The number of amides is 1. The molecule has 0 atom stereocenters. The molecule has 0 spiro atoms. The molecule has 0 bridgehead atoms. The number of piperidine rings is 1. The zero-order valence-corrected chi connectivity index (χ0v) is 19.4. The molecule has 3 aromatic rings. The first-order valence-corrected chi connectivity index (χ1v) is 12.8. The smallest absolute Gasteiger partial charge is 0.240 e. The molecule has 1 aliphatic heterocycles. The van der Waals surface area contributed by atoms with E-state index in [0.717, 1.165) is 42.5 Å². The molecule has 1 amide bonds. The lowest BCUT2D eigenvalue weighted by atomic mass is 9.97. The summed E-state index contributed by atoms with van der Waals surface area (Å²) in [5, 5.41) is 0. The van der Waals surface area contributed by atoms with Crippen LogP contribution < -0.4 is 10.5 Å². The first kappa shape index (κ1) is 21.8. The van der Waals surface area contributed by atoms with Crippen molar-refractivity contribution in [2.75, 3.05) is 25.4 Å². The summed E-state index contributed by atoms with van der Waals surface area (Å²) in [6.45, 7) is 3.72. The second-order valence-electron chi connectivity index (χ2n) is 9.02. The van der Waals surface area contributed by atoms with Crippen LogP contribution in [0.1, 0.15) is 31.2 Å². The topological polar surface area (TPSA) is 123 Å². The number of nitrogen functional groups attached to an aromatic ring is 1. The third kappa shape index (κ3) is 4.32. The minimum atomic E-state index is -3.68. The van der Waals surface area contributed by atoms with Crippen molar-refractivity contribution in [3.05, 3.63) is 42.4 Å². The molecule has 174 valence electrons. The predicted molar refractivity (Wildman–Crippen MR) is 125 cm³/mol. The molecule has 1 saturated carbocycles. The lowest BCUT2D eigenvalue weighted by Gasteiger charge is -2.32. The van der Waals surface area contributed by atoms with Crippen LogP contribution in [0, 0.1) is 18.8 Å². The average molecular weight is 469 g/mol. The Balaban J connectivity index is 1.30. The number of likely N-dealkylation sites (tertiary alicyclic amines) is 1. The number of rotatable bonds is 6. The molecule has 3 heterocycles. The number of aryl methyl sites for hydroxylation is 1. The molecule has 5 rings (SSSR count). The van der Waals surface area contributed by atoms with Gasteiger partial charge in [0.15, 0.2) is 11.5 Å². The molecule has 9 nitrogen and oxygen atoms in total. The van der Waals surface area contributed by atoms with E-state index in [1.807, 2.05) is 16.2 Å². The zero-order chi connectivity index (χ0) is 23.2. The zero-order valence-electron chi connectivity index (χ0n) is 18.6. The molecule has 2 aromatic heterocycles. The van der Waals surface area contributed by atoms with Crippen LogP contribution >= 0.6 is 0 Å². The molecule has 1 saturated heterocycles. The number of benzene rings is 1. The van der Waals surface area contributed by atoms with E-state index in [2.05, 4.69) is 14.7 Å². The molecular formula is C23H28N6O3S. The van der Waals surface area contributed by atoms with Crippen molar-refractivity contribution < 1.29 is 13.2 Å². The molecule has 10 heteroatoms. The standard InChI is InChI=1S/C23H28N6O3S/c1-15-2-5-18(12-19(15)20-14-26-22-21(24)25-8-11-29(20)22)33(31,32)27-13-16-6-9-28(10-7-16)23(30)17-3-4-17/h2,5,8,11-12,14,16-17,27H,3-4,6-7,9-10,13H2,1H3,(H2,24,25). The highest BCUT2D eigenvalue weighted by Crippen LogP contribution is 2.32. The molecular weight excluding hydrogens is 440 g/mol. The number of anilines is 1. The Morgan fingerprint density at radius 3 is 2.67 bits per heavy atom. The number of hydrogen-bond donors (Lipinski definition) is 2. The van der Waals surface area contributed by atoms with Gasteiger partial charge < -0.3 is 10.6 Å². The monoisotopic (exact) mass is 468 g/mol. The first-order valence-electron chi connectivity index (χ1n) is 11.3. The minimum Gasteiger partial charge on any atom is -0.381 e. The van der Waals surface area contributed by atoms with E-state index in [0.29, 0.717) is 31.1 Å². The van der Waals surface area contributed by atoms with Gasteiger partial charge >= 0.3 is 0 Å². The average Bonchev–Trinajstić information content (AvgIpc) is 3.57. The number of sulfonamides is 1. The van der Waals surface area contributed by atoms with Gasteiger partial charge in [-0.05, 0) is 56.2 Å². The maximum atomic E-state index is 13.1. The van der Waals surface area contributed by atoms with Gasteiger partial charge in [-0.3, -0.25) is 9.20 Å². The van der Waals surface area contributed by atoms with Gasteiger partial charge in [0.2, 0.25) is 15.9 Å². The highest BCUT2D eigenvalue weighted by Gasteiger charge is 2.35. The summed E-state index contributed by atoms with van der Waals surface area (Å²) < 4.78 is 30.7. The number of carbonyl (C=O) groups excluding carboxylic acids is 1. The third-order valence-electron chi connectivity index (χ3n) is 6.67. The van der Waals surface area contributed by atoms with Crippen LogP contribution in [0.25, 0.3) is 16.9 Å². The van der Waals surface area contributed by atoms with Gasteiger partial charge in [-0.25, -0.2) is 23.1 Å². The van der Waals surface area contributed by atoms with Gasteiger partial charge in [0.1, 0.15) is 0 Å². The van der Waals surface area contributed by atoms with Crippen LogP contribution in [0.3, 0.4) is 0 Å². The lowest BCUT2D eigenvalue weighted by molar-refractivity contribution is -0.133. The summed E-state index contributed by atoms with van der Waals surface area (Å²) in [5.74, 6) is 1.04. The quantitative estimate of drug-likeness (QED) is 0.572. The highest BCUT2D eigenvalue weighted by atomic mass is 32.2. The van der Waals surface area contributed by atoms with Crippen molar-refractivity contribution in [3.63, 3.8) is 0 Å². The van der Waals surface area contributed by atoms with Crippen molar-refractivity contribution in [2.24, 2.45) is 11.8 Å². The Kier molecular flexibility index (Phi) is 5.57. The van der Waals surface area contributed by atoms with Crippen LogP contribution in [-0.4, -0.2) is 53.2 Å². The number of carbonyl (C=O) groups is 1. The van der Waals surface area contributed by atoms with Crippen LogP contribution in [0.4, 0.5) is 5.82 Å². The Bertz CT molecular complexity index is 1310. The number of nitrogens with one attached hydrogen (secondary N) is 1. The lowest BCUT2D eigenvalue weighted by Crippen LogP contribution is -2.42. The second kappa shape index (κ2) is 8.42. The molecule has 2 aliphatic rings. The maximum absolute atomic E-state index is 13.1. The fraction of sp³-hybridized carbons (Fsp3) is 0.435. The van der Waals surface area contributed by atoms with Crippen molar-refractivity contribution in [3.8, 4) is 11.3 Å². The Hall–Kier alpha value is -2.98. The maximum Gasteiger partial charge on any atom is 0.240 e. The largest absolute Gasteiger partial charge is 0.381 e. The van der Waals surface area contributed by atoms with E-state index in [1.54, 1.807) is 36.8 Å². The van der Waals surface area contributed by atoms with Crippen LogP contribution in [0.15, 0.2) is 41.7 Å². The van der Waals surface area contributed by atoms with Crippen molar-refractivity contribution in [1.29, 1.82) is 0 Å². The highest BCUT2D eigenvalue weighted by molar-refractivity contribution is 7.89. The van der Waals surface area contributed by atoms with Crippen molar-refractivity contribution >= 4 is 27.4 Å². The van der Waals surface area contributed by atoms with E-state index in [4.69, 9.17) is 5.73 Å². The summed E-state index contributed by atoms with van der Waals surface area (Å²) in [6, 6.07) is 5.10. The fourth-order valence-corrected chi connectivity index (χ4v) is 5.58. The van der Waals surface area contributed by atoms with Gasteiger partial charge in [0.25, 0.3) is 0 Å². The SMILES string of the molecule is Cc1ccc(S(=O)(=O)NCC2CCN(C(=O)C3CC3)CC2)cc1-c1cnc2c(N)nccn12. The van der Waals surface area contributed by atoms with E-state index in [1.165, 1.54) is 0 Å². The molecule has 0 unspecified atom stereocenters. The summed E-state index contributed by atoms with van der Waals surface area (Å²) in [5.41, 5.74) is 8.90. The number of imidazole rings is 1. The number of hydrogen-bond acceptors (Lipinski definition) is 6.